The number of nitrogens with one attached hydrogen (secondary N) is 1. The van der Waals surface area contributed by atoms with E-state index in [4.69, 9.17) is 0 Å². The Bertz CT molecular complexity index is 958. The van der Waals surface area contributed by atoms with Gasteiger partial charge in [-0.2, -0.15) is 0 Å². The van der Waals surface area contributed by atoms with Crippen molar-refractivity contribution in [3.05, 3.63) is 60.8 Å². The molecule has 0 atom stereocenters. The molecule has 2 aromatic heterocycles. The molecule has 2 aromatic carbocycles. The Hall–Kier alpha value is -1.98. The van der Waals surface area contributed by atoms with Crippen LogP contribution >= 0.6 is 23.5 Å². The largest absolute Gasteiger partial charge is 0.333 e. The highest BCUT2D eigenvalue weighted by Crippen LogP contribution is 2.27. The van der Waals surface area contributed by atoms with E-state index in [1.165, 1.54) is 29.5 Å². The van der Waals surface area contributed by atoms with E-state index in [1.807, 2.05) is 47.9 Å². The molecule has 0 unspecified atom stereocenters. The molecular formula is C21H21N3S2. The Morgan fingerprint density at radius 3 is 2.58 bits per heavy atom. The number of aromatic amines is 1. The molecule has 0 amide bonds. The molecule has 0 fully saturated rings. The first-order valence-electron chi connectivity index (χ1n) is 8.94. The summed E-state index contributed by atoms with van der Waals surface area (Å²) in [6, 6.07) is 18.7. The maximum absolute atomic E-state index is 4.61. The highest BCUT2D eigenvalue weighted by molar-refractivity contribution is 7.99. The van der Waals surface area contributed by atoms with Crippen molar-refractivity contribution in [3.8, 4) is 0 Å². The van der Waals surface area contributed by atoms with E-state index in [1.54, 1.807) is 0 Å². The molecule has 2 heterocycles. The Morgan fingerprint density at radius 2 is 1.65 bits per heavy atom. The molecule has 0 bridgehead atoms. The number of thioether (sulfide) groups is 2. The Balaban J connectivity index is 1.18. The lowest BCUT2D eigenvalue weighted by molar-refractivity contribution is 0.784. The van der Waals surface area contributed by atoms with Crippen LogP contribution in [0.3, 0.4) is 0 Å². The quantitative estimate of drug-likeness (QED) is 0.294. The molecule has 0 saturated carbocycles. The summed E-state index contributed by atoms with van der Waals surface area (Å²) in [7, 11) is 0. The molecule has 1 N–H and O–H groups in total. The van der Waals surface area contributed by atoms with Gasteiger partial charge < -0.3 is 4.98 Å². The lowest BCUT2D eigenvalue weighted by Gasteiger charge is -2.05. The van der Waals surface area contributed by atoms with Gasteiger partial charge in [-0.25, -0.2) is 4.98 Å². The molecule has 4 aromatic rings. The van der Waals surface area contributed by atoms with Crippen LogP contribution in [-0.2, 0) is 0 Å². The first kappa shape index (κ1) is 17.4. The monoisotopic (exact) mass is 379 g/mol. The first-order chi connectivity index (χ1) is 12.9. The number of H-pyrrole nitrogens is 1. The standard InChI is InChI=1S/C21H21N3S2/c1(5-15-26-21-23-17-10-2-3-11-18(17)24-21)4-14-25-19-12-6-8-16-9-7-13-22-20(16)19/h2-3,6-13H,1,4-5,14-15H2,(H,23,24). The Morgan fingerprint density at radius 1 is 0.808 bits per heavy atom. The summed E-state index contributed by atoms with van der Waals surface area (Å²) in [5.41, 5.74) is 3.30. The van der Waals surface area contributed by atoms with Gasteiger partial charge in [-0.05, 0) is 42.9 Å². The lowest BCUT2D eigenvalue weighted by atomic mass is 10.2. The minimum absolute atomic E-state index is 1.03. The number of hydrogen-bond acceptors (Lipinski definition) is 4. The smallest absolute Gasteiger partial charge is 0.166 e. The Labute approximate surface area is 162 Å². The van der Waals surface area contributed by atoms with Crippen LogP contribution in [0.5, 0.6) is 0 Å². The van der Waals surface area contributed by atoms with Gasteiger partial charge in [0.1, 0.15) is 0 Å². The second-order valence-electron chi connectivity index (χ2n) is 6.15. The van der Waals surface area contributed by atoms with Crippen molar-refractivity contribution in [1.82, 2.24) is 15.0 Å². The SMILES string of the molecule is c1cnc2c(SCCCCCSc3nc4ccccc4[nH]3)cccc2c1. The van der Waals surface area contributed by atoms with Gasteiger partial charge in [-0.3, -0.25) is 4.98 Å². The second-order valence-corrected chi connectivity index (χ2v) is 8.37. The summed E-state index contributed by atoms with van der Waals surface area (Å²) in [5, 5.41) is 2.25. The van der Waals surface area contributed by atoms with E-state index in [0.717, 1.165) is 33.2 Å². The lowest BCUT2D eigenvalue weighted by Crippen LogP contribution is -1.87. The summed E-state index contributed by atoms with van der Waals surface area (Å²) >= 11 is 3.74. The second kappa shape index (κ2) is 8.60. The van der Waals surface area contributed by atoms with Crippen molar-refractivity contribution in [2.24, 2.45) is 0 Å². The number of nitrogens with zero attached hydrogens (tertiary/aromatic N) is 2. The number of imidazole rings is 1. The third kappa shape index (κ3) is 4.22. The normalized spacial score (nSPS) is 11.4. The molecule has 0 aliphatic rings. The topological polar surface area (TPSA) is 41.6 Å². The molecule has 0 aliphatic carbocycles. The molecule has 0 spiro atoms. The van der Waals surface area contributed by atoms with Crippen molar-refractivity contribution in [1.29, 1.82) is 0 Å². The van der Waals surface area contributed by atoms with Crippen molar-refractivity contribution in [2.45, 2.75) is 29.3 Å². The minimum atomic E-state index is 1.03. The first-order valence-corrected chi connectivity index (χ1v) is 10.9. The van der Waals surface area contributed by atoms with Crippen LogP contribution in [0.25, 0.3) is 21.9 Å². The van der Waals surface area contributed by atoms with Crippen molar-refractivity contribution >= 4 is 45.5 Å². The summed E-state index contributed by atoms with van der Waals surface area (Å²) in [5.74, 6) is 2.26. The fourth-order valence-electron chi connectivity index (χ4n) is 2.92. The van der Waals surface area contributed by atoms with Crippen LogP contribution in [0.2, 0.25) is 0 Å². The molecule has 5 heteroatoms. The number of benzene rings is 2. The molecule has 0 saturated heterocycles. The average molecular weight is 380 g/mol. The zero-order valence-corrected chi connectivity index (χ0v) is 16.2. The average Bonchev–Trinajstić information content (AvgIpc) is 3.10. The van der Waals surface area contributed by atoms with Gasteiger partial charge >= 0.3 is 0 Å². The number of rotatable bonds is 8. The molecule has 0 aliphatic heterocycles. The number of para-hydroxylation sites is 3. The summed E-state index contributed by atoms with van der Waals surface area (Å²) in [6.07, 6.45) is 5.57. The van der Waals surface area contributed by atoms with Crippen LogP contribution in [0.15, 0.2) is 70.8 Å². The molecule has 132 valence electrons. The van der Waals surface area contributed by atoms with Gasteiger partial charge in [0.2, 0.25) is 0 Å². The van der Waals surface area contributed by atoms with E-state index in [-0.39, 0.29) is 0 Å². The van der Waals surface area contributed by atoms with Crippen LogP contribution in [0.4, 0.5) is 0 Å². The van der Waals surface area contributed by atoms with E-state index >= 15 is 0 Å². The van der Waals surface area contributed by atoms with Gasteiger partial charge in [0.25, 0.3) is 0 Å². The number of aromatic nitrogens is 3. The fourth-order valence-corrected chi connectivity index (χ4v) is 4.86. The molecule has 26 heavy (non-hydrogen) atoms. The summed E-state index contributed by atoms with van der Waals surface area (Å²) in [4.78, 5) is 13.8. The maximum atomic E-state index is 4.61. The molecule has 0 radical (unpaired) electrons. The molecular weight excluding hydrogens is 358 g/mol. The summed E-state index contributed by atoms with van der Waals surface area (Å²) in [6.45, 7) is 0. The van der Waals surface area contributed by atoms with E-state index in [9.17, 15) is 0 Å². The van der Waals surface area contributed by atoms with Crippen LogP contribution in [0.1, 0.15) is 19.3 Å². The van der Waals surface area contributed by atoms with Crippen molar-refractivity contribution in [2.75, 3.05) is 11.5 Å². The fraction of sp³-hybridized carbons (Fsp3) is 0.238. The van der Waals surface area contributed by atoms with Crippen LogP contribution in [0, 0.1) is 0 Å². The van der Waals surface area contributed by atoms with E-state index in [2.05, 4.69) is 51.4 Å². The highest BCUT2D eigenvalue weighted by Gasteiger charge is 2.04. The third-order valence-corrected chi connectivity index (χ3v) is 6.34. The van der Waals surface area contributed by atoms with Crippen LogP contribution in [-0.4, -0.2) is 26.5 Å². The van der Waals surface area contributed by atoms with Crippen molar-refractivity contribution in [3.63, 3.8) is 0 Å². The number of pyridine rings is 1. The van der Waals surface area contributed by atoms with E-state index in [0.29, 0.717) is 0 Å². The minimum Gasteiger partial charge on any atom is -0.333 e. The van der Waals surface area contributed by atoms with Crippen LogP contribution < -0.4 is 0 Å². The third-order valence-electron chi connectivity index (χ3n) is 4.25. The number of hydrogen-bond donors (Lipinski definition) is 1. The molecule has 3 nitrogen and oxygen atoms in total. The van der Waals surface area contributed by atoms with Gasteiger partial charge in [-0.1, -0.05) is 48.5 Å². The molecule has 4 rings (SSSR count). The number of unbranched alkanes of at least 4 members (excludes halogenated alkanes) is 2. The predicted octanol–water partition coefficient (Wildman–Crippen LogP) is 6.17. The Kier molecular flexibility index (Phi) is 5.77. The summed E-state index contributed by atoms with van der Waals surface area (Å²) < 4.78 is 0. The van der Waals surface area contributed by atoms with Gasteiger partial charge in [-0.15, -0.1) is 11.8 Å². The zero-order chi connectivity index (χ0) is 17.6. The van der Waals surface area contributed by atoms with Gasteiger partial charge in [0.15, 0.2) is 5.16 Å². The zero-order valence-electron chi connectivity index (χ0n) is 14.5. The number of fused-ring (bicyclic) bond motifs is 2. The van der Waals surface area contributed by atoms with E-state index < -0.39 is 0 Å². The van der Waals surface area contributed by atoms with Gasteiger partial charge in [0, 0.05) is 22.2 Å². The highest BCUT2D eigenvalue weighted by atomic mass is 32.2. The maximum Gasteiger partial charge on any atom is 0.166 e. The predicted molar refractivity (Wildman–Crippen MR) is 113 cm³/mol. The van der Waals surface area contributed by atoms with Gasteiger partial charge in [0.05, 0.1) is 16.6 Å². The van der Waals surface area contributed by atoms with Crippen molar-refractivity contribution < 1.29 is 0 Å².